The first-order chi connectivity index (χ1) is 20.7. The number of allylic oxidation sites excluding steroid dienone is 1. The molecule has 224 valence electrons. The second kappa shape index (κ2) is 11.8. The quantitative estimate of drug-likeness (QED) is 0.365. The summed E-state index contributed by atoms with van der Waals surface area (Å²) in [6.45, 7) is 6.52. The molecule has 3 aromatic carbocycles. The Hall–Kier alpha value is -4.21. The molecule has 2 aliphatic heterocycles. The molecule has 9 heteroatoms. The van der Waals surface area contributed by atoms with E-state index in [-0.39, 0.29) is 48.0 Å². The van der Waals surface area contributed by atoms with Gasteiger partial charge in [0.2, 0.25) is 5.91 Å². The molecular weight excluding hydrogens is 549 g/mol. The molecule has 6 rings (SSSR count). The number of halogens is 1. The highest BCUT2D eigenvalue weighted by Crippen LogP contribution is 2.50. The van der Waals surface area contributed by atoms with Gasteiger partial charge in [0.05, 0.1) is 31.5 Å². The summed E-state index contributed by atoms with van der Waals surface area (Å²) in [7, 11) is 0. The summed E-state index contributed by atoms with van der Waals surface area (Å²) in [6.07, 6.45) is 0.738. The number of rotatable bonds is 6. The van der Waals surface area contributed by atoms with Gasteiger partial charge in [-0.2, -0.15) is 0 Å². The maximum absolute atomic E-state index is 16.2. The number of aromatic hydroxyl groups is 1. The molecule has 3 aromatic rings. The fraction of sp³-hybridized carbons (Fsp3) is 0.353. The van der Waals surface area contributed by atoms with E-state index in [2.05, 4.69) is 5.32 Å². The van der Waals surface area contributed by atoms with E-state index in [1.54, 1.807) is 24.3 Å². The van der Waals surface area contributed by atoms with Crippen molar-refractivity contribution < 1.29 is 28.6 Å². The van der Waals surface area contributed by atoms with Crippen LogP contribution in [0, 0.1) is 11.2 Å². The highest BCUT2D eigenvalue weighted by molar-refractivity contribution is 6.07. The van der Waals surface area contributed by atoms with Crippen LogP contribution in [0.4, 0.5) is 15.8 Å². The molecule has 1 unspecified atom stereocenters. The van der Waals surface area contributed by atoms with E-state index in [1.807, 2.05) is 49.1 Å². The van der Waals surface area contributed by atoms with E-state index >= 15 is 4.39 Å². The highest BCUT2D eigenvalue weighted by atomic mass is 19.1. The minimum atomic E-state index is -1.05. The standard InChI is InChI=1S/C34H36FN3O5/c1-34(2)18-26-31(29(40)19-34)33(24-12-11-23(17-25(24)35)43-21-22-7-4-3-5-8-22)38(27-9-6-10-28(39)32(27)36-26)30(41)20-37-13-15-42-16-14-37/h3-12,17,33,36,39H,13-16,18-21H2,1-2H3. The SMILES string of the molecule is CC1(C)CC(=O)C2=C(C1)Nc1c(O)cccc1N(C(=O)CN1CCOCC1)C2c1ccc(OCc2ccccc2)cc1F. The number of hydrogen-bond acceptors (Lipinski definition) is 7. The van der Waals surface area contributed by atoms with Crippen molar-refractivity contribution in [1.29, 1.82) is 0 Å². The van der Waals surface area contributed by atoms with Crippen LogP contribution in [0.5, 0.6) is 11.5 Å². The van der Waals surface area contributed by atoms with Gasteiger partial charge in [0.15, 0.2) is 5.78 Å². The largest absolute Gasteiger partial charge is 0.506 e. The van der Waals surface area contributed by atoms with Gasteiger partial charge >= 0.3 is 0 Å². The number of benzene rings is 3. The lowest BCUT2D eigenvalue weighted by molar-refractivity contribution is -0.121. The molecule has 1 amide bonds. The monoisotopic (exact) mass is 585 g/mol. The third kappa shape index (κ3) is 6.00. The molecular formula is C34H36FN3O5. The van der Waals surface area contributed by atoms with E-state index in [4.69, 9.17) is 9.47 Å². The lowest BCUT2D eigenvalue weighted by Gasteiger charge is -2.38. The van der Waals surface area contributed by atoms with Crippen LogP contribution in [0.25, 0.3) is 0 Å². The summed E-state index contributed by atoms with van der Waals surface area (Å²) in [5.74, 6) is -0.783. The Morgan fingerprint density at radius 2 is 1.84 bits per heavy atom. The minimum Gasteiger partial charge on any atom is -0.506 e. The lowest BCUT2D eigenvalue weighted by Crippen LogP contribution is -2.47. The number of fused-ring (bicyclic) bond motifs is 1. The first-order valence-electron chi connectivity index (χ1n) is 14.6. The first kappa shape index (κ1) is 28.9. The van der Waals surface area contributed by atoms with Crippen molar-refractivity contribution >= 4 is 23.1 Å². The van der Waals surface area contributed by atoms with E-state index in [1.165, 1.54) is 17.0 Å². The smallest absolute Gasteiger partial charge is 0.242 e. The maximum Gasteiger partial charge on any atom is 0.242 e. The van der Waals surface area contributed by atoms with Gasteiger partial charge in [0.25, 0.3) is 0 Å². The van der Waals surface area contributed by atoms with Gasteiger partial charge in [-0.3, -0.25) is 19.4 Å². The summed E-state index contributed by atoms with van der Waals surface area (Å²) in [5.41, 5.74) is 2.39. The molecule has 0 spiro atoms. The van der Waals surface area contributed by atoms with Crippen molar-refractivity contribution in [2.24, 2.45) is 5.41 Å². The summed E-state index contributed by atoms with van der Waals surface area (Å²) in [4.78, 5) is 31.7. The van der Waals surface area contributed by atoms with Gasteiger partial charge in [0.1, 0.15) is 29.6 Å². The normalized spacial score (nSPS) is 20.1. The molecule has 8 nitrogen and oxygen atoms in total. The predicted octanol–water partition coefficient (Wildman–Crippen LogP) is 5.59. The summed E-state index contributed by atoms with van der Waals surface area (Å²) >= 11 is 0. The zero-order chi connectivity index (χ0) is 30.1. The van der Waals surface area contributed by atoms with Crippen molar-refractivity contribution in [2.45, 2.75) is 39.3 Å². The van der Waals surface area contributed by atoms with E-state index in [0.29, 0.717) is 61.1 Å². The zero-order valence-electron chi connectivity index (χ0n) is 24.4. The number of para-hydroxylation sites is 1. The molecule has 0 aromatic heterocycles. The summed E-state index contributed by atoms with van der Waals surface area (Å²) in [6, 6.07) is 18.0. The van der Waals surface area contributed by atoms with Gasteiger partial charge < -0.3 is 19.9 Å². The third-order valence-electron chi connectivity index (χ3n) is 8.25. The van der Waals surface area contributed by atoms with Crippen molar-refractivity contribution in [3.05, 3.63) is 94.9 Å². The Labute approximate surface area is 250 Å². The number of phenols is 1. The Bertz CT molecular complexity index is 1570. The second-order valence-corrected chi connectivity index (χ2v) is 12.1. The number of carbonyl (C=O) groups is 2. The predicted molar refractivity (Wildman–Crippen MR) is 161 cm³/mol. The number of amides is 1. The van der Waals surface area contributed by atoms with Crippen LogP contribution in [-0.2, 0) is 20.9 Å². The number of anilines is 2. The Morgan fingerprint density at radius 3 is 2.58 bits per heavy atom. The van der Waals surface area contributed by atoms with E-state index in [9.17, 15) is 14.7 Å². The molecule has 1 aliphatic carbocycles. The fourth-order valence-corrected chi connectivity index (χ4v) is 6.20. The lowest BCUT2D eigenvalue weighted by atomic mass is 9.73. The zero-order valence-corrected chi connectivity index (χ0v) is 24.4. The molecule has 0 radical (unpaired) electrons. The van der Waals surface area contributed by atoms with Gasteiger partial charge in [-0.15, -0.1) is 0 Å². The number of morpholine rings is 1. The minimum absolute atomic E-state index is 0.0527. The van der Waals surface area contributed by atoms with Gasteiger partial charge in [-0.25, -0.2) is 4.39 Å². The van der Waals surface area contributed by atoms with Gasteiger partial charge in [0, 0.05) is 42.4 Å². The molecule has 0 bridgehead atoms. The van der Waals surface area contributed by atoms with Crippen LogP contribution in [0.3, 0.4) is 0 Å². The van der Waals surface area contributed by atoms with Crippen LogP contribution in [0.15, 0.2) is 78.0 Å². The second-order valence-electron chi connectivity index (χ2n) is 12.1. The third-order valence-corrected chi connectivity index (χ3v) is 8.25. The topological polar surface area (TPSA) is 91.3 Å². The van der Waals surface area contributed by atoms with Crippen LogP contribution in [0.1, 0.15) is 43.9 Å². The van der Waals surface area contributed by atoms with Crippen LogP contribution in [-0.4, -0.2) is 54.5 Å². The van der Waals surface area contributed by atoms with E-state index < -0.39 is 11.9 Å². The molecule has 2 heterocycles. The average Bonchev–Trinajstić information content (AvgIpc) is 3.12. The Balaban J connectivity index is 1.46. The molecule has 1 saturated heterocycles. The molecule has 43 heavy (non-hydrogen) atoms. The van der Waals surface area contributed by atoms with E-state index in [0.717, 1.165) is 5.56 Å². The molecule has 2 N–H and O–H groups in total. The number of carbonyl (C=O) groups excluding carboxylic acids is 2. The number of phenolic OH excluding ortho intramolecular Hbond substituents is 1. The number of nitrogens with zero attached hydrogens (tertiary/aromatic N) is 2. The van der Waals surface area contributed by atoms with Crippen molar-refractivity contribution in [1.82, 2.24) is 4.90 Å². The fourth-order valence-electron chi connectivity index (χ4n) is 6.20. The number of ether oxygens (including phenoxy) is 2. The Morgan fingerprint density at radius 1 is 1.07 bits per heavy atom. The molecule has 0 saturated carbocycles. The number of Topliss-reactive ketones (excluding diaryl/α,β-unsaturated/α-hetero) is 1. The van der Waals surface area contributed by atoms with Crippen molar-refractivity contribution in [3.8, 4) is 11.5 Å². The van der Waals surface area contributed by atoms with Gasteiger partial charge in [-0.1, -0.05) is 50.2 Å². The molecule has 3 aliphatic rings. The Kier molecular flexibility index (Phi) is 7.94. The summed E-state index contributed by atoms with van der Waals surface area (Å²) in [5, 5.41) is 14.3. The molecule has 1 atom stereocenters. The maximum atomic E-state index is 16.2. The van der Waals surface area contributed by atoms with Crippen molar-refractivity contribution in [2.75, 3.05) is 43.1 Å². The summed E-state index contributed by atoms with van der Waals surface area (Å²) < 4.78 is 27.6. The van der Waals surface area contributed by atoms with Crippen LogP contribution < -0.4 is 15.0 Å². The van der Waals surface area contributed by atoms with Gasteiger partial charge in [-0.05, 0) is 41.7 Å². The first-order valence-corrected chi connectivity index (χ1v) is 14.6. The highest BCUT2D eigenvalue weighted by Gasteiger charge is 2.44. The number of nitrogens with one attached hydrogen (secondary N) is 1. The molecule has 1 fully saturated rings. The van der Waals surface area contributed by atoms with Crippen molar-refractivity contribution in [3.63, 3.8) is 0 Å². The van der Waals surface area contributed by atoms with Crippen LogP contribution >= 0.6 is 0 Å². The average molecular weight is 586 g/mol. The number of ketones is 1. The number of hydrogen-bond donors (Lipinski definition) is 2. The van der Waals surface area contributed by atoms with Crippen LogP contribution in [0.2, 0.25) is 0 Å².